The maximum Gasteiger partial charge on any atom is 0.128 e. The van der Waals surface area contributed by atoms with Gasteiger partial charge in [-0.2, -0.15) is 0 Å². The first-order chi connectivity index (χ1) is 8.99. The lowest BCUT2D eigenvalue weighted by Crippen LogP contribution is -1.98. The molecule has 19 heavy (non-hydrogen) atoms. The van der Waals surface area contributed by atoms with E-state index in [9.17, 15) is 4.39 Å². The molecule has 0 saturated carbocycles. The van der Waals surface area contributed by atoms with Crippen molar-refractivity contribution in [3.8, 4) is 0 Å². The molecule has 0 spiro atoms. The molecule has 0 radical (unpaired) electrons. The molecule has 2 heteroatoms. The zero-order valence-electron chi connectivity index (χ0n) is 11.5. The van der Waals surface area contributed by atoms with Crippen molar-refractivity contribution in [2.24, 2.45) is 0 Å². The molecule has 0 aliphatic heterocycles. The number of hydrogen-bond donors (Lipinski definition) is 0. The van der Waals surface area contributed by atoms with Crippen LogP contribution in [0.1, 0.15) is 47.4 Å². The fraction of sp³-hybridized carbons (Fsp3) is 0.294. The van der Waals surface area contributed by atoms with Crippen LogP contribution in [0.25, 0.3) is 0 Å². The van der Waals surface area contributed by atoms with Crippen LogP contribution in [0.3, 0.4) is 0 Å². The Bertz CT molecular complexity index is 558. The molecular weight excluding hydrogens is 259 g/mol. The van der Waals surface area contributed by atoms with E-state index < -0.39 is 5.38 Å². The van der Waals surface area contributed by atoms with Gasteiger partial charge in [-0.15, -0.1) is 11.6 Å². The van der Waals surface area contributed by atoms with E-state index in [1.165, 1.54) is 11.6 Å². The van der Waals surface area contributed by atoms with E-state index in [0.29, 0.717) is 11.5 Å². The zero-order chi connectivity index (χ0) is 14.0. The van der Waals surface area contributed by atoms with Crippen LogP contribution in [0.5, 0.6) is 0 Å². The summed E-state index contributed by atoms with van der Waals surface area (Å²) in [5.74, 6) is 0.233. The Labute approximate surface area is 119 Å². The van der Waals surface area contributed by atoms with Crippen LogP contribution in [-0.2, 0) is 0 Å². The highest BCUT2D eigenvalue weighted by Gasteiger charge is 2.15. The number of rotatable bonds is 3. The van der Waals surface area contributed by atoms with Gasteiger partial charge in [0.1, 0.15) is 5.82 Å². The molecule has 0 aromatic heterocycles. The molecule has 1 unspecified atom stereocenters. The molecule has 1 atom stereocenters. The summed E-state index contributed by atoms with van der Waals surface area (Å²) in [5.41, 5.74) is 3.74. The van der Waals surface area contributed by atoms with Crippen LogP contribution in [0.2, 0.25) is 0 Å². The minimum atomic E-state index is -0.443. The summed E-state index contributed by atoms with van der Waals surface area (Å²) in [7, 11) is 0. The van der Waals surface area contributed by atoms with Crippen LogP contribution in [-0.4, -0.2) is 0 Å². The first-order valence-corrected chi connectivity index (χ1v) is 6.92. The Morgan fingerprint density at radius 3 is 2.11 bits per heavy atom. The van der Waals surface area contributed by atoms with Gasteiger partial charge in [-0.3, -0.25) is 0 Å². The molecule has 0 nitrogen and oxygen atoms in total. The van der Waals surface area contributed by atoms with Gasteiger partial charge >= 0.3 is 0 Å². The van der Waals surface area contributed by atoms with Gasteiger partial charge in [0.15, 0.2) is 0 Å². The third kappa shape index (κ3) is 3.16. The van der Waals surface area contributed by atoms with Crippen molar-refractivity contribution in [3.63, 3.8) is 0 Å². The van der Waals surface area contributed by atoms with Gasteiger partial charge in [-0.1, -0.05) is 55.8 Å². The second-order valence-electron chi connectivity index (χ2n) is 5.21. The molecular formula is C17H18ClF. The summed E-state index contributed by atoms with van der Waals surface area (Å²) in [5, 5.41) is -0.443. The first kappa shape index (κ1) is 14.1. The number of aryl methyl sites for hydroxylation is 1. The summed E-state index contributed by atoms with van der Waals surface area (Å²) >= 11 is 6.40. The highest BCUT2D eigenvalue weighted by Crippen LogP contribution is 2.31. The topological polar surface area (TPSA) is 0 Å². The van der Waals surface area contributed by atoms with Crippen LogP contribution < -0.4 is 0 Å². The molecule has 2 aromatic rings. The van der Waals surface area contributed by atoms with E-state index in [1.807, 2.05) is 25.1 Å². The average molecular weight is 277 g/mol. The number of hydrogen-bond acceptors (Lipinski definition) is 0. The summed E-state index contributed by atoms with van der Waals surface area (Å²) in [6, 6.07) is 13.1. The summed E-state index contributed by atoms with van der Waals surface area (Å²) in [6.07, 6.45) is 0. The van der Waals surface area contributed by atoms with Crippen molar-refractivity contribution < 1.29 is 4.39 Å². The number of halogens is 2. The summed E-state index contributed by atoms with van der Waals surface area (Å²) in [4.78, 5) is 0. The third-order valence-corrected chi connectivity index (χ3v) is 3.81. The van der Waals surface area contributed by atoms with Gasteiger partial charge in [0.25, 0.3) is 0 Å². The molecule has 0 aliphatic carbocycles. The lowest BCUT2D eigenvalue weighted by atomic mass is 9.98. The third-order valence-electron chi connectivity index (χ3n) is 3.32. The molecule has 2 aromatic carbocycles. The molecule has 0 fully saturated rings. The number of benzene rings is 2. The second kappa shape index (κ2) is 5.75. The fourth-order valence-electron chi connectivity index (χ4n) is 2.09. The van der Waals surface area contributed by atoms with E-state index in [0.717, 1.165) is 11.1 Å². The molecule has 0 N–H and O–H groups in total. The SMILES string of the molecule is Cc1ccc(F)c(C(Cl)c2ccc(C(C)C)cc2)c1. The minimum Gasteiger partial charge on any atom is -0.207 e. The molecule has 0 bridgehead atoms. The smallest absolute Gasteiger partial charge is 0.128 e. The maximum atomic E-state index is 13.8. The molecule has 0 saturated heterocycles. The number of alkyl halides is 1. The summed E-state index contributed by atoms with van der Waals surface area (Å²) in [6.45, 7) is 6.23. The van der Waals surface area contributed by atoms with Crippen molar-refractivity contribution >= 4 is 11.6 Å². The highest BCUT2D eigenvalue weighted by atomic mass is 35.5. The van der Waals surface area contributed by atoms with E-state index in [4.69, 9.17) is 11.6 Å². The van der Waals surface area contributed by atoms with Crippen molar-refractivity contribution in [2.75, 3.05) is 0 Å². The fourth-order valence-corrected chi connectivity index (χ4v) is 2.40. The zero-order valence-corrected chi connectivity index (χ0v) is 12.2. The van der Waals surface area contributed by atoms with E-state index >= 15 is 0 Å². The molecule has 2 rings (SSSR count). The highest BCUT2D eigenvalue weighted by molar-refractivity contribution is 6.22. The Hall–Kier alpha value is -1.34. The van der Waals surface area contributed by atoms with Gasteiger partial charge in [-0.25, -0.2) is 4.39 Å². The maximum absolute atomic E-state index is 13.8. The van der Waals surface area contributed by atoms with Crippen LogP contribution >= 0.6 is 11.6 Å². The van der Waals surface area contributed by atoms with Gasteiger partial charge in [0, 0.05) is 5.56 Å². The Morgan fingerprint density at radius 2 is 1.53 bits per heavy atom. The Morgan fingerprint density at radius 1 is 0.947 bits per heavy atom. The average Bonchev–Trinajstić information content (AvgIpc) is 2.41. The monoisotopic (exact) mass is 276 g/mol. The van der Waals surface area contributed by atoms with E-state index in [2.05, 4.69) is 26.0 Å². The molecule has 0 heterocycles. The van der Waals surface area contributed by atoms with Crippen LogP contribution in [0.4, 0.5) is 4.39 Å². The van der Waals surface area contributed by atoms with Crippen molar-refractivity contribution in [1.82, 2.24) is 0 Å². The normalized spacial score (nSPS) is 12.7. The van der Waals surface area contributed by atoms with E-state index in [1.54, 1.807) is 6.07 Å². The van der Waals surface area contributed by atoms with Crippen LogP contribution in [0.15, 0.2) is 42.5 Å². The van der Waals surface area contributed by atoms with Crippen molar-refractivity contribution in [1.29, 1.82) is 0 Å². The van der Waals surface area contributed by atoms with Crippen LogP contribution in [0, 0.1) is 12.7 Å². The standard InChI is InChI=1S/C17H18ClF/c1-11(2)13-5-7-14(8-6-13)17(18)15-10-12(3)4-9-16(15)19/h4-11,17H,1-3H3. The van der Waals surface area contributed by atoms with Gasteiger partial charge in [-0.05, 0) is 30.0 Å². The predicted molar refractivity (Wildman–Crippen MR) is 79.4 cm³/mol. The van der Waals surface area contributed by atoms with Gasteiger partial charge < -0.3 is 0 Å². The van der Waals surface area contributed by atoms with Crippen molar-refractivity contribution in [2.45, 2.75) is 32.1 Å². The largest absolute Gasteiger partial charge is 0.207 e. The predicted octanol–water partition coefficient (Wildman–Crippen LogP) is 5.59. The molecule has 100 valence electrons. The van der Waals surface area contributed by atoms with Gasteiger partial charge in [0.2, 0.25) is 0 Å². The van der Waals surface area contributed by atoms with E-state index in [-0.39, 0.29) is 5.82 Å². The molecule has 0 amide bonds. The minimum absolute atomic E-state index is 0.251. The summed E-state index contributed by atoms with van der Waals surface area (Å²) < 4.78 is 13.8. The quantitative estimate of drug-likeness (QED) is 0.642. The van der Waals surface area contributed by atoms with Crippen molar-refractivity contribution in [3.05, 3.63) is 70.5 Å². The first-order valence-electron chi connectivity index (χ1n) is 6.49. The molecule has 0 aliphatic rings. The van der Waals surface area contributed by atoms with Gasteiger partial charge in [0.05, 0.1) is 5.38 Å². The lowest BCUT2D eigenvalue weighted by molar-refractivity contribution is 0.612. The second-order valence-corrected chi connectivity index (χ2v) is 5.65. The Balaban J connectivity index is 2.33. The lowest BCUT2D eigenvalue weighted by Gasteiger charge is -2.13. The Kier molecular flexibility index (Phi) is 4.26.